The molecular formula is C19H39O4P. The van der Waals surface area contributed by atoms with Gasteiger partial charge in [-0.15, -0.1) is 0 Å². The molecule has 4 nitrogen and oxygen atoms in total. The van der Waals surface area contributed by atoms with Gasteiger partial charge in [-0.1, -0.05) is 90.4 Å². The van der Waals surface area contributed by atoms with Gasteiger partial charge >= 0.3 is 7.82 Å². The molecule has 2 atom stereocenters. The van der Waals surface area contributed by atoms with Gasteiger partial charge < -0.3 is 0 Å². The van der Waals surface area contributed by atoms with Crippen LogP contribution in [0.2, 0.25) is 0 Å². The molecule has 0 aromatic rings. The van der Waals surface area contributed by atoms with Crippen molar-refractivity contribution in [3.8, 4) is 0 Å². The summed E-state index contributed by atoms with van der Waals surface area (Å²) in [6.07, 6.45) is 18.5. The first-order valence-corrected chi connectivity index (χ1v) is 11.7. The molecule has 5 heteroatoms. The van der Waals surface area contributed by atoms with E-state index in [-0.39, 0.29) is 6.10 Å². The molecule has 1 aliphatic rings. The van der Waals surface area contributed by atoms with Crippen molar-refractivity contribution in [2.75, 3.05) is 13.2 Å². The fraction of sp³-hybridized carbons (Fsp3) is 1.00. The zero-order chi connectivity index (χ0) is 17.5. The number of hydrogen-bond acceptors (Lipinski definition) is 4. The van der Waals surface area contributed by atoms with Crippen LogP contribution in [0.5, 0.6) is 0 Å². The number of hydrogen-bond donors (Lipinski definition) is 0. The maximum Gasteiger partial charge on any atom is 0.475 e. The van der Waals surface area contributed by atoms with E-state index in [1.165, 1.54) is 77.0 Å². The van der Waals surface area contributed by atoms with Gasteiger partial charge in [0.15, 0.2) is 0 Å². The fourth-order valence-corrected chi connectivity index (χ4v) is 4.46. The fourth-order valence-electron chi connectivity index (χ4n) is 3.02. The van der Waals surface area contributed by atoms with Gasteiger partial charge in [0.05, 0.1) is 19.3 Å². The molecule has 1 heterocycles. The van der Waals surface area contributed by atoms with Gasteiger partial charge in [0.1, 0.15) is 0 Å². The molecule has 24 heavy (non-hydrogen) atoms. The third-order valence-corrected chi connectivity index (χ3v) is 6.11. The first kappa shape index (κ1) is 22.2. The van der Waals surface area contributed by atoms with Crippen molar-refractivity contribution in [2.45, 2.75) is 110 Å². The highest BCUT2D eigenvalue weighted by Gasteiger charge is 2.36. The van der Waals surface area contributed by atoms with E-state index in [2.05, 4.69) is 6.92 Å². The molecule has 0 bridgehead atoms. The van der Waals surface area contributed by atoms with Gasteiger partial charge in [-0.3, -0.25) is 13.6 Å². The van der Waals surface area contributed by atoms with E-state index in [1.807, 2.05) is 6.92 Å². The monoisotopic (exact) mass is 362 g/mol. The van der Waals surface area contributed by atoms with Gasteiger partial charge in [0.2, 0.25) is 0 Å². The highest BCUT2D eigenvalue weighted by Crippen LogP contribution is 2.54. The lowest BCUT2D eigenvalue weighted by molar-refractivity contribution is 0.175. The lowest BCUT2D eigenvalue weighted by Gasteiger charge is -2.10. The summed E-state index contributed by atoms with van der Waals surface area (Å²) in [7, 11) is -3.21. The van der Waals surface area contributed by atoms with Crippen LogP contribution in [0.15, 0.2) is 0 Å². The minimum Gasteiger partial charge on any atom is -0.287 e. The highest BCUT2D eigenvalue weighted by atomic mass is 31.2. The molecule has 0 spiro atoms. The minimum absolute atomic E-state index is 0.118. The van der Waals surface area contributed by atoms with Crippen LogP contribution < -0.4 is 0 Å². The van der Waals surface area contributed by atoms with Crippen LogP contribution in [0, 0.1) is 0 Å². The lowest BCUT2D eigenvalue weighted by atomic mass is 10.0. The summed E-state index contributed by atoms with van der Waals surface area (Å²) in [5.41, 5.74) is 0. The van der Waals surface area contributed by atoms with Gasteiger partial charge in [-0.25, -0.2) is 4.57 Å². The molecule has 1 saturated heterocycles. The molecule has 1 aliphatic heterocycles. The minimum atomic E-state index is -3.21. The van der Waals surface area contributed by atoms with Crippen LogP contribution in [0.1, 0.15) is 104 Å². The second kappa shape index (κ2) is 14.3. The van der Waals surface area contributed by atoms with E-state index in [9.17, 15) is 4.57 Å². The lowest BCUT2D eigenvalue weighted by Crippen LogP contribution is -2.00. The normalized spacial score (nSPS) is 23.8. The molecule has 0 radical (unpaired) electrons. The summed E-state index contributed by atoms with van der Waals surface area (Å²) in [4.78, 5) is 0. The van der Waals surface area contributed by atoms with Crippen LogP contribution >= 0.6 is 7.82 Å². The molecule has 0 aliphatic carbocycles. The maximum absolute atomic E-state index is 11.9. The topological polar surface area (TPSA) is 44.8 Å². The molecule has 1 fully saturated rings. The number of rotatable bonds is 16. The molecule has 1 rings (SSSR count). The van der Waals surface area contributed by atoms with Crippen molar-refractivity contribution in [3.63, 3.8) is 0 Å². The summed E-state index contributed by atoms with van der Waals surface area (Å²) in [6.45, 7) is 4.96. The van der Waals surface area contributed by atoms with Gasteiger partial charge in [-0.2, -0.15) is 0 Å². The third-order valence-electron chi connectivity index (χ3n) is 4.52. The Morgan fingerprint density at radius 2 is 1.29 bits per heavy atom. The molecule has 0 aromatic heterocycles. The quantitative estimate of drug-likeness (QED) is 0.218. The third kappa shape index (κ3) is 11.6. The molecule has 2 unspecified atom stereocenters. The van der Waals surface area contributed by atoms with Crippen molar-refractivity contribution < 1.29 is 18.1 Å². The van der Waals surface area contributed by atoms with Gasteiger partial charge in [0, 0.05) is 0 Å². The first-order chi connectivity index (χ1) is 11.7. The second-order valence-electron chi connectivity index (χ2n) is 7.09. The van der Waals surface area contributed by atoms with Crippen LogP contribution in [0.4, 0.5) is 0 Å². The van der Waals surface area contributed by atoms with Crippen molar-refractivity contribution >= 4 is 7.82 Å². The number of phosphoric ester groups is 1. The molecule has 0 saturated carbocycles. The maximum atomic E-state index is 11.9. The van der Waals surface area contributed by atoms with E-state index in [1.54, 1.807) is 0 Å². The van der Waals surface area contributed by atoms with Crippen LogP contribution in [0.25, 0.3) is 0 Å². The molecule has 0 aromatic carbocycles. The predicted molar refractivity (Wildman–Crippen MR) is 100 cm³/mol. The molecule has 0 N–H and O–H groups in total. The molecule has 144 valence electrons. The average molecular weight is 362 g/mol. The smallest absolute Gasteiger partial charge is 0.287 e. The van der Waals surface area contributed by atoms with Crippen molar-refractivity contribution in [1.82, 2.24) is 0 Å². The largest absolute Gasteiger partial charge is 0.475 e. The SMILES string of the molecule is CCCCCCCCCCCCCCCCOP1(=O)OCC(C)O1. The van der Waals surface area contributed by atoms with Crippen LogP contribution in [0.3, 0.4) is 0 Å². The Hall–Kier alpha value is 0.110. The standard InChI is InChI=1S/C19H39O4P/c1-3-4-5-6-7-8-9-10-11-12-13-14-15-16-17-21-24(20)22-18-19(2)23-24/h19H,3-18H2,1-2H3. The van der Waals surface area contributed by atoms with Gasteiger partial charge in [-0.05, 0) is 13.3 Å². The van der Waals surface area contributed by atoms with Crippen molar-refractivity contribution in [1.29, 1.82) is 0 Å². The predicted octanol–water partition coefficient (Wildman–Crippen LogP) is 7.03. The summed E-state index contributed by atoms with van der Waals surface area (Å²) in [5, 5.41) is 0. The first-order valence-electron chi connectivity index (χ1n) is 10.2. The van der Waals surface area contributed by atoms with E-state index in [0.717, 1.165) is 12.8 Å². The summed E-state index contributed by atoms with van der Waals surface area (Å²) < 4.78 is 27.4. The average Bonchev–Trinajstić information content (AvgIpc) is 2.90. The van der Waals surface area contributed by atoms with Crippen LogP contribution in [-0.2, 0) is 18.1 Å². The Morgan fingerprint density at radius 1 is 0.833 bits per heavy atom. The summed E-state index contributed by atoms with van der Waals surface area (Å²) in [6, 6.07) is 0. The Morgan fingerprint density at radius 3 is 1.71 bits per heavy atom. The Labute approximate surface area is 149 Å². The molecular weight excluding hydrogens is 323 g/mol. The Bertz CT molecular complexity index is 335. The second-order valence-corrected chi connectivity index (χ2v) is 8.71. The van der Waals surface area contributed by atoms with E-state index in [4.69, 9.17) is 13.6 Å². The Balaban J connectivity index is 1.74. The van der Waals surface area contributed by atoms with Crippen LogP contribution in [-0.4, -0.2) is 19.3 Å². The van der Waals surface area contributed by atoms with E-state index < -0.39 is 7.82 Å². The summed E-state index contributed by atoms with van der Waals surface area (Å²) in [5.74, 6) is 0. The highest BCUT2D eigenvalue weighted by molar-refractivity contribution is 7.48. The number of unbranched alkanes of at least 4 members (excludes halogenated alkanes) is 13. The zero-order valence-corrected chi connectivity index (χ0v) is 16.9. The Kier molecular flexibility index (Phi) is 13.2. The van der Waals surface area contributed by atoms with E-state index >= 15 is 0 Å². The van der Waals surface area contributed by atoms with Gasteiger partial charge in [0.25, 0.3) is 0 Å². The van der Waals surface area contributed by atoms with Crippen molar-refractivity contribution in [3.05, 3.63) is 0 Å². The number of phosphoric acid groups is 1. The summed E-state index contributed by atoms with van der Waals surface area (Å²) >= 11 is 0. The van der Waals surface area contributed by atoms with E-state index in [0.29, 0.717) is 13.2 Å². The zero-order valence-electron chi connectivity index (χ0n) is 16.0. The molecule has 0 amide bonds. The van der Waals surface area contributed by atoms with Crippen molar-refractivity contribution in [2.24, 2.45) is 0 Å².